The quantitative estimate of drug-likeness (QED) is 0.352. The predicted octanol–water partition coefficient (Wildman–Crippen LogP) is 6.10. The van der Waals surface area contributed by atoms with Gasteiger partial charge in [-0.3, -0.25) is 9.10 Å². The van der Waals surface area contributed by atoms with Gasteiger partial charge >= 0.3 is 5.97 Å². The molecule has 0 fully saturated rings. The first-order valence-corrected chi connectivity index (χ1v) is 11.1. The van der Waals surface area contributed by atoms with Gasteiger partial charge in [0.05, 0.1) is 41.8 Å². The number of benzene rings is 2. The Morgan fingerprint density at radius 2 is 1.50 bits per heavy atom. The Hall–Kier alpha value is -0.890. The lowest BCUT2D eigenvalue weighted by molar-refractivity contribution is -0.145. The minimum absolute atomic E-state index is 0.0182. The van der Waals surface area contributed by atoms with Crippen molar-refractivity contribution in [2.75, 3.05) is 10.8 Å². The number of carbonyl (C=O) groups is 1. The third-order valence-corrected chi connectivity index (χ3v) is 6.90. The second-order valence-corrected chi connectivity index (χ2v) is 9.74. The van der Waals surface area contributed by atoms with Crippen LogP contribution in [0.1, 0.15) is 13.8 Å². The zero-order valence-corrected chi connectivity index (χ0v) is 19.1. The van der Waals surface area contributed by atoms with Gasteiger partial charge in [0, 0.05) is 0 Å². The first kappa shape index (κ1) is 23.4. The summed E-state index contributed by atoms with van der Waals surface area (Å²) < 4.78 is 32.4. The molecule has 0 aliphatic carbocycles. The number of carbonyl (C=O) groups excluding carboxylic acids is 1. The molecule has 152 valence electrons. The Bertz CT molecular complexity index is 1010. The first-order valence-electron chi connectivity index (χ1n) is 7.75. The van der Waals surface area contributed by atoms with Crippen LogP contribution in [0.15, 0.2) is 35.2 Å². The largest absolute Gasteiger partial charge is 0.462 e. The molecule has 0 radical (unpaired) electrons. The van der Waals surface area contributed by atoms with Gasteiger partial charge in [0.15, 0.2) is 0 Å². The van der Waals surface area contributed by atoms with Gasteiger partial charge < -0.3 is 4.74 Å². The number of sulfonamides is 1. The third kappa shape index (κ3) is 5.38. The number of ether oxygens (including phenoxy) is 1. The van der Waals surface area contributed by atoms with Crippen LogP contribution in [-0.2, 0) is 19.6 Å². The molecule has 0 heterocycles. The minimum atomic E-state index is -4.27. The summed E-state index contributed by atoms with van der Waals surface area (Å²) >= 11 is 30.0. The van der Waals surface area contributed by atoms with Gasteiger partial charge in [-0.25, -0.2) is 8.42 Å². The van der Waals surface area contributed by atoms with Gasteiger partial charge in [0.2, 0.25) is 0 Å². The molecule has 2 aromatic carbocycles. The molecule has 0 aliphatic rings. The van der Waals surface area contributed by atoms with Gasteiger partial charge in [-0.1, -0.05) is 58.0 Å². The van der Waals surface area contributed by atoms with Crippen LogP contribution in [0.5, 0.6) is 0 Å². The Morgan fingerprint density at radius 3 is 2.07 bits per heavy atom. The minimum Gasteiger partial charge on any atom is -0.462 e. The Kier molecular flexibility index (Phi) is 7.76. The summed E-state index contributed by atoms with van der Waals surface area (Å²) in [6.07, 6.45) is -0.439. The number of rotatable bonds is 6. The molecule has 0 N–H and O–H groups in total. The highest BCUT2D eigenvalue weighted by Crippen LogP contribution is 2.37. The maximum atomic E-state index is 13.2. The van der Waals surface area contributed by atoms with E-state index in [1.807, 2.05) is 0 Å². The molecule has 2 aromatic rings. The zero-order valence-electron chi connectivity index (χ0n) is 14.5. The van der Waals surface area contributed by atoms with Gasteiger partial charge in [0.1, 0.15) is 6.54 Å². The normalized spacial score (nSPS) is 11.6. The van der Waals surface area contributed by atoms with Crippen LogP contribution in [0.25, 0.3) is 0 Å². The van der Waals surface area contributed by atoms with Crippen LogP contribution < -0.4 is 4.31 Å². The lowest BCUT2D eigenvalue weighted by Crippen LogP contribution is -2.37. The summed E-state index contributed by atoms with van der Waals surface area (Å²) in [5.41, 5.74) is -0.0390. The Balaban J connectivity index is 2.62. The van der Waals surface area contributed by atoms with Crippen LogP contribution in [0.4, 0.5) is 5.69 Å². The van der Waals surface area contributed by atoms with Crippen molar-refractivity contribution in [3.63, 3.8) is 0 Å². The van der Waals surface area contributed by atoms with Crippen LogP contribution in [0.2, 0.25) is 25.1 Å². The van der Waals surface area contributed by atoms with E-state index in [4.69, 9.17) is 62.7 Å². The van der Waals surface area contributed by atoms with E-state index in [1.54, 1.807) is 13.8 Å². The lowest BCUT2D eigenvalue weighted by atomic mass is 10.3. The second-order valence-electron chi connectivity index (χ2n) is 5.84. The maximum Gasteiger partial charge on any atom is 0.327 e. The molecule has 0 aromatic heterocycles. The molecule has 0 aliphatic heterocycles. The highest BCUT2D eigenvalue weighted by molar-refractivity contribution is 7.92. The van der Waals surface area contributed by atoms with E-state index >= 15 is 0 Å². The topological polar surface area (TPSA) is 63.7 Å². The predicted molar refractivity (Wildman–Crippen MR) is 114 cm³/mol. The molecular weight excluding hydrogens is 492 g/mol. The fraction of sp³-hybridized carbons (Fsp3) is 0.235. The van der Waals surface area contributed by atoms with E-state index < -0.39 is 28.6 Å². The molecule has 0 amide bonds. The van der Waals surface area contributed by atoms with Gasteiger partial charge in [-0.2, -0.15) is 0 Å². The number of anilines is 1. The summed E-state index contributed by atoms with van der Waals surface area (Å²) in [6.45, 7) is 2.64. The molecule has 0 spiro atoms. The van der Waals surface area contributed by atoms with Crippen LogP contribution in [0, 0.1) is 0 Å². The number of halogens is 5. The van der Waals surface area contributed by atoms with Crippen molar-refractivity contribution in [1.29, 1.82) is 0 Å². The molecule has 11 heteroatoms. The highest BCUT2D eigenvalue weighted by atomic mass is 35.5. The van der Waals surface area contributed by atoms with E-state index in [0.29, 0.717) is 0 Å². The maximum absolute atomic E-state index is 13.2. The molecular formula is C17H14Cl5NO4S. The SMILES string of the molecule is CC(C)OC(=O)CN(c1cc(Cl)c(Cl)cc1Cl)S(=O)(=O)c1ccc(Cl)c(Cl)c1. The van der Waals surface area contributed by atoms with Crippen LogP contribution in [-0.4, -0.2) is 27.0 Å². The lowest BCUT2D eigenvalue weighted by Gasteiger charge is -2.25. The average molecular weight is 506 g/mol. The number of esters is 1. The van der Waals surface area contributed by atoms with E-state index in [9.17, 15) is 13.2 Å². The number of nitrogens with zero attached hydrogens (tertiary/aromatic N) is 1. The van der Waals surface area contributed by atoms with E-state index in [1.165, 1.54) is 30.3 Å². The summed E-state index contributed by atoms with van der Waals surface area (Å²) in [6, 6.07) is 6.30. The van der Waals surface area contributed by atoms with Gasteiger partial charge in [0.25, 0.3) is 10.0 Å². The molecule has 0 saturated heterocycles. The molecule has 0 unspecified atom stereocenters. The third-order valence-electron chi connectivity index (χ3n) is 3.38. The smallest absolute Gasteiger partial charge is 0.327 e. The molecule has 5 nitrogen and oxygen atoms in total. The number of hydrogen-bond donors (Lipinski definition) is 0. The van der Waals surface area contributed by atoms with Gasteiger partial charge in [-0.15, -0.1) is 0 Å². The fourth-order valence-electron chi connectivity index (χ4n) is 2.18. The van der Waals surface area contributed by atoms with Crippen LogP contribution in [0.3, 0.4) is 0 Å². The Morgan fingerprint density at radius 1 is 0.929 bits per heavy atom. The standard InChI is InChI=1S/C17H14Cl5NO4S/c1-9(2)27-17(24)8-23(16-7-14(21)13(20)6-15(16)22)28(25,26)10-3-4-11(18)12(19)5-10/h3-7,9H,8H2,1-2H3. The van der Waals surface area contributed by atoms with Crippen molar-refractivity contribution in [3.05, 3.63) is 55.4 Å². The summed E-state index contributed by atoms with van der Waals surface area (Å²) in [7, 11) is -4.27. The van der Waals surface area contributed by atoms with Crippen molar-refractivity contribution in [1.82, 2.24) is 0 Å². The molecule has 0 bridgehead atoms. The monoisotopic (exact) mass is 503 g/mol. The molecule has 28 heavy (non-hydrogen) atoms. The summed E-state index contributed by atoms with van der Waals surface area (Å²) in [5.74, 6) is -0.777. The molecule has 0 atom stereocenters. The van der Waals surface area contributed by atoms with E-state index in [0.717, 1.165) is 4.31 Å². The van der Waals surface area contributed by atoms with Crippen molar-refractivity contribution in [3.8, 4) is 0 Å². The summed E-state index contributed by atoms with van der Waals surface area (Å²) in [4.78, 5) is 12.0. The van der Waals surface area contributed by atoms with E-state index in [2.05, 4.69) is 0 Å². The first-order chi connectivity index (χ1) is 12.9. The molecule has 2 rings (SSSR count). The number of hydrogen-bond acceptors (Lipinski definition) is 4. The fourth-order valence-corrected chi connectivity index (χ4v) is 4.69. The highest BCUT2D eigenvalue weighted by Gasteiger charge is 2.30. The van der Waals surface area contributed by atoms with E-state index in [-0.39, 0.29) is 35.7 Å². The zero-order chi connectivity index (χ0) is 21.2. The molecule has 0 saturated carbocycles. The van der Waals surface area contributed by atoms with Crippen molar-refractivity contribution in [2.24, 2.45) is 0 Å². The Labute approximate surface area is 188 Å². The van der Waals surface area contributed by atoms with Crippen molar-refractivity contribution >= 4 is 79.7 Å². The summed E-state index contributed by atoms with van der Waals surface area (Å²) in [5, 5.41) is 0.390. The van der Waals surface area contributed by atoms with Crippen molar-refractivity contribution in [2.45, 2.75) is 24.8 Å². The average Bonchev–Trinajstić information content (AvgIpc) is 2.58. The van der Waals surface area contributed by atoms with Crippen molar-refractivity contribution < 1.29 is 17.9 Å². The second kappa shape index (κ2) is 9.28. The van der Waals surface area contributed by atoms with Crippen LogP contribution >= 0.6 is 58.0 Å². The van der Waals surface area contributed by atoms with Gasteiger partial charge in [-0.05, 0) is 44.2 Å².